The van der Waals surface area contributed by atoms with Crippen LogP contribution in [0.4, 0.5) is 5.69 Å². The van der Waals surface area contributed by atoms with Crippen LogP contribution in [0.1, 0.15) is 12.5 Å². The molecule has 0 atom stereocenters. The Morgan fingerprint density at radius 1 is 1.31 bits per heavy atom. The summed E-state index contributed by atoms with van der Waals surface area (Å²) in [5, 5.41) is 1.17. The highest BCUT2D eigenvalue weighted by atomic mass is 14.7. The van der Waals surface area contributed by atoms with Gasteiger partial charge < -0.3 is 5.73 Å². The van der Waals surface area contributed by atoms with E-state index in [1.807, 2.05) is 30.5 Å². The van der Waals surface area contributed by atoms with Crippen molar-refractivity contribution in [3.8, 4) is 0 Å². The second-order valence-electron chi connectivity index (χ2n) is 3.10. The van der Waals surface area contributed by atoms with Crippen LogP contribution in [0.5, 0.6) is 0 Å². The van der Waals surface area contributed by atoms with Gasteiger partial charge in [-0.15, -0.1) is 0 Å². The summed E-state index contributed by atoms with van der Waals surface area (Å²) in [6.45, 7) is 2.14. The van der Waals surface area contributed by atoms with Gasteiger partial charge in [0.1, 0.15) is 0 Å². The molecule has 2 aromatic rings. The lowest BCUT2D eigenvalue weighted by Gasteiger charge is -2.03. The first kappa shape index (κ1) is 8.05. The van der Waals surface area contributed by atoms with Crippen LogP contribution in [0.15, 0.2) is 30.5 Å². The third kappa shape index (κ3) is 1.35. The van der Waals surface area contributed by atoms with Crippen molar-refractivity contribution >= 4 is 16.6 Å². The van der Waals surface area contributed by atoms with Gasteiger partial charge in [0, 0.05) is 17.3 Å². The molecule has 2 N–H and O–H groups in total. The fraction of sp³-hybridized carbons (Fsp3) is 0.182. The number of nitrogens with zero attached hydrogens (tertiary/aromatic N) is 1. The standard InChI is InChI=1S/C11H12N2/c1-2-8-5-6-13-11-4-3-9(12)7-10(8)11/h3-7H,2,12H2,1H3. The summed E-state index contributed by atoms with van der Waals surface area (Å²) >= 11 is 0. The Morgan fingerprint density at radius 3 is 2.92 bits per heavy atom. The maximum atomic E-state index is 5.72. The number of aromatic nitrogens is 1. The van der Waals surface area contributed by atoms with E-state index in [-0.39, 0.29) is 0 Å². The van der Waals surface area contributed by atoms with Crippen molar-refractivity contribution in [1.82, 2.24) is 4.98 Å². The summed E-state index contributed by atoms with van der Waals surface area (Å²) in [7, 11) is 0. The highest BCUT2D eigenvalue weighted by molar-refractivity contribution is 5.84. The lowest BCUT2D eigenvalue weighted by Crippen LogP contribution is -1.89. The minimum atomic E-state index is 0.801. The Bertz CT molecular complexity index is 435. The lowest BCUT2D eigenvalue weighted by atomic mass is 10.1. The quantitative estimate of drug-likeness (QED) is 0.671. The van der Waals surface area contributed by atoms with Crippen LogP contribution in [0, 0.1) is 0 Å². The Hall–Kier alpha value is -1.57. The van der Waals surface area contributed by atoms with Gasteiger partial charge in [-0.05, 0) is 36.2 Å². The van der Waals surface area contributed by atoms with E-state index in [4.69, 9.17) is 5.73 Å². The van der Waals surface area contributed by atoms with Crippen molar-refractivity contribution in [3.63, 3.8) is 0 Å². The van der Waals surface area contributed by atoms with Gasteiger partial charge in [-0.3, -0.25) is 4.98 Å². The minimum Gasteiger partial charge on any atom is -0.399 e. The molecule has 0 bridgehead atoms. The van der Waals surface area contributed by atoms with E-state index >= 15 is 0 Å². The van der Waals surface area contributed by atoms with Crippen LogP contribution in [0.2, 0.25) is 0 Å². The first-order valence-corrected chi connectivity index (χ1v) is 4.44. The second kappa shape index (κ2) is 3.05. The second-order valence-corrected chi connectivity index (χ2v) is 3.10. The largest absolute Gasteiger partial charge is 0.399 e. The number of rotatable bonds is 1. The SMILES string of the molecule is CCc1ccnc2ccc(N)cc12. The molecule has 0 radical (unpaired) electrons. The third-order valence-corrected chi connectivity index (χ3v) is 2.24. The monoisotopic (exact) mass is 172 g/mol. The van der Waals surface area contributed by atoms with Crippen molar-refractivity contribution in [1.29, 1.82) is 0 Å². The first-order chi connectivity index (χ1) is 6.31. The molecule has 13 heavy (non-hydrogen) atoms. The molecule has 2 heteroatoms. The van der Waals surface area contributed by atoms with Gasteiger partial charge in [-0.2, -0.15) is 0 Å². The number of hydrogen-bond acceptors (Lipinski definition) is 2. The van der Waals surface area contributed by atoms with E-state index in [0.29, 0.717) is 0 Å². The molecule has 1 aromatic heterocycles. The number of anilines is 1. The Balaban J connectivity index is 2.79. The topological polar surface area (TPSA) is 38.9 Å². The number of hydrogen-bond donors (Lipinski definition) is 1. The van der Waals surface area contributed by atoms with E-state index in [9.17, 15) is 0 Å². The maximum Gasteiger partial charge on any atom is 0.0706 e. The van der Waals surface area contributed by atoms with Crippen molar-refractivity contribution in [2.45, 2.75) is 13.3 Å². The summed E-state index contributed by atoms with van der Waals surface area (Å²) in [6, 6.07) is 7.88. The zero-order chi connectivity index (χ0) is 9.26. The highest BCUT2D eigenvalue weighted by Gasteiger charge is 1.99. The fourth-order valence-electron chi connectivity index (χ4n) is 1.53. The van der Waals surface area contributed by atoms with Crippen molar-refractivity contribution in [2.75, 3.05) is 5.73 Å². The molecule has 0 fully saturated rings. The summed E-state index contributed by atoms with van der Waals surface area (Å²) in [5.41, 5.74) is 8.85. The number of nitrogens with two attached hydrogens (primary N) is 1. The number of aryl methyl sites for hydroxylation is 1. The molecule has 1 heterocycles. The van der Waals surface area contributed by atoms with Crippen molar-refractivity contribution in [2.24, 2.45) is 0 Å². The summed E-state index contributed by atoms with van der Waals surface area (Å²) in [4.78, 5) is 4.28. The number of fused-ring (bicyclic) bond motifs is 1. The van der Waals surface area contributed by atoms with Gasteiger partial charge in [-0.25, -0.2) is 0 Å². The predicted molar refractivity (Wildman–Crippen MR) is 55.5 cm³/mol. The zero-order valence-electron chi connectivity index (χ0n) is 7.62. The molecule has 0 amide bonds. The Morgan fingerprint density at radius 2 is 2.15 bits per heavy atom. The van der Waals surface area contributed by atoms with Gasteiger partial charge in [0.05, 0.1) is 5.52 Å². The number of nitrogen functional groups attached to an aromatic ring is 1. The van der Waals surface area contributed by atoms with Crippen LogP contribution in [-0.4, -0.2) is 4.98 Å². The smallest absolute Gasteiger partial charge is 0.0706 e. The predicted octanol–water partition coefficient (Wildman–Crippen LogP) is 2.38. The maximum absolute atomic E-state index is 5.72. The van der Waals surface area contributed by atoms with Crippen LogP contribution < -0.4 is 5.73 Å². The molecule has 0 unspecified atom stereocenters. The highest BCUT2D eigenvalue weighted by Crippen LogP contribution is 2.19. The Labute approximate surface area is 77.4 Å². The molecule has 0 aliphatic rings. The van der Waals surface area contributed by atoms with Crippen LogP contribution in [0.25, 0.3) is 10.9 Å². The van der Waals surface area contributed by atoms with Crippen molar-refractivity contribution < 1.29 is 0 Å². The first-order valence-electron chi connectivity index (χ1n) is 4.44. The minimum absolute atomic E-state index is 0.801. The van der Waals surface area contributed by atoms with E-state index < -0.39 is 0 Å². The molecule has 0 saturated heterocycles. The molecule has 0 saturated carbocycles. The van der Waals surface area contributed by atoms with Gasteiger partial charge in [0.15, 0.2) is 0 Å². The molecule has 0 aliphatic heterocycles. The van der Waals surface area contributed by atoms with E-state index in [1.165, 1.54) is 10.9 Å². The van der Waals surface area contributed by atoms with Crippen LogP contribution >= 0.6 is 0 Å². The zero-order valence-corrected chi connectivity index (χ0v) is 7.62. The van der Waals surface area contributed by atoms with Crippen LogP contribution in [0.3, 0.4) is 0 Å². The van der Waals surface area contributed by atoms with Crippen molar-refractivity contribution in [3.05, 3.63) is 36.0 Å². The van der Waals surface area contributed by atoms with E-state index in [0.717, 1.165) is 17.6 Å². The number of benzene rings is 1. The van der Waals surface area contributed by atoms with Gasteiger partial charge >= 0.3 is 0 Å². The fourth-order valence-corrected chi connectivity index (χ4v) is 1.53. The molecule has 0 spiro atoms. The number of pyridine rings is 1. The molecular formula is C11H12N2. The van der Waals surface area contributed by atoms with E-state index in [2.05, 4.69) is 11.9 Å². The normalized spacial score (nSPS) is 10.5. The van der Waals surface area contributed by atoms with Gasteiger partial charge in [0.25, 0.3) is 0 Å². The van der Waals surface area contributed by atoms with Crippen LogP contribution in [-0.2, 0) is 6.42 Å². The van der Waals surface area contributed by atoms with Gasteiger partial charge in [0.2, 0.25) is 0 Å². The molecule has 66 valence electrons. The van der Waals surface area contributed by atoms with E-state index in [1.54, 1.807) is 0 Å². The summed E-state index contributed by atoms with van der Waals surface area (Å²) < 4.78 is 0. The third-order valence-electron chi connectivity index (χ3n) is 2.24. The lowest BCUT2D eigenvalue weighted by molar-refractivity contribution is 1.15. The molecule has 0 aliphatic carbocycles. The molecule has 2 nitrogen and oxygen atoms in total. The molecular weight excluding hydrogens is 160 g/mol. The Kier molecular flexibility index (Phi) is 1.89. The summed E-state index contributed by atoms with van der Waals surface area (Å²) in [6.07, 6.45) is 2.86. The molecule has 2 rings (SSSR count). The summed E-state index contributed by atoms with van der Waals surface area (Å²) in [5.74, 6) is 0. The average Bonchev–Trinajstić information content (AvgIpc) is 2.17. The van der Waals surface area contributed by atoms with Gasteiger partial charge in [-0.1, -0.05) is 6.92 Å². The average molecular weight is 172 g/mol. The molecule has 1 aromatic carbocycles.